The maximum Gasteiger partial charge on any atom is 0.254 e. The number of nitrogens with one attached hydrogen (secondary N) is 1. The Hall–Kier alpha value is -2.41. The number of nitrogens with zero attached hydrogens (tertiary/aromatic N) is 2. The van der Waals surface area contributed by atoms with Crippen LogP contribution in [0.15, 0.2) is 30.5 Å². The third-order valence-corrected chi connectivity index (χ3v) is 4.60. The lowest BCUT2D eigenvalue weighted by molar-refractivity contribution is -0.117. The molecule has 0 saturated heterocycles. The summed E-state index contributed by atoms with van der Waals surface area (Å²) in [6.07, 6.45) is 3.58. The number of rotatable bonds is 6. The van der Waals surface area contributed by atoms with Gasteiger partial charge in [0.2, 0.25) is 5.91 Å². The van der Waals surface area contributed by atoms with Crippen molar-refractivity contribution >= 4 is 28.3 Å². The Balaban J connectivity index is 1.67. The van der Waals surface area contributed by atoms with Crippen molar-refractivity contribution in [3.8, 4) is 5.75 Å². The first-order valence-electron chi connectivity index (χ1n) is 7.74. The number of carbonyl (C=O) groups excluding carboxylic acids is 2. The Labute approximate surface area is 144 Å². The van der Waals surface area contributed by atoms with E-state index >= 15 is 0 Å². The minimum Gasteiger partial charge on any atom is -0.497 e. The molecule has 0 aliphatic heterocycles. The number of hydrogen-bond acceptors (Lipinski definition) is 5. The molecule has 1 aromatic carbocycles. The SMILES string of the molecule is COc1ccc(C(=O)N(CC(=O)Nc2ncc(C)s2)C2CC2)cc1. The quantitative estimate of drug-likeness (QED) is 0.874. The lowest BCUT2D eigenvalue weighted by atomic mass is 10.2. The smallest absolute Gasteiger partial charge is 0.254 e. The molecule has 2 aromatic rings. The highest BCUT2D eigenvalue weighted by molar-refractivity contribution is 7.15. The van der Waals surface area contributed by atoms with Gasteiger partial charge in [-0.2, -0.15) is 0 Å². The van der Waals surface area contributed by atoms with Crippen molar-refractivity contribution in [2.75, 3.05) is 19.0 Å². The maximum absolute atomic E-state index is 12.7. The summed E-state index contributed by atoms with van der Waals surface area (Å²) in [4.78, 5) is 31.7. The molecule has 126 valence electrons. The highest BCUT2D eigenvalue weighted by Gasteiger charge is 2.34. The molecule has 1 aliphatic carbocycles. The van der Waals surface area contributed by atoms with Crippen LogP contribution in [0.25, 0.3) is 0 Å². The monoisotopic (exact) mass is 345 g/mol. The van der Waals surface area contributed by atoms with Gasteiger partial charge in [0.05, 0.1) is 7.11 Å². The molecule has 2 amide bonds. The molecule has 0 radical (unpaired) electrons. The predicted octanol–water partition coefficient (Wildman–Crippen LogP) is 2.70. The number of hydrogen-bond donors (Lipinski definition) is 1. The van der Waals surface area contributed by atoms with Crippen LogP contribution in [-0.2, 0) is 4.79 Å². The fourth-order valence-corrected chi connectivity index (χ4v) is 3.06. The molecule has 3 rings (SSSR count). The number of carbonyl (C=O) groups is 2. The lowest BCUT2D eigenvalue weighted by Crippen LogP contribution is -2.39. The molecule has 1 saturated carbocycles. The second-order valence-electron chi connectivity index (χ2n) is 5.72. The van der Waals surface area contributed by atoms with Gasteiger partial charge in [0.1, 0.15) is 12.3 Å². The average Bonchev–Trinajstić information content (AvgIpc) is 3.35. The lowest BCUT2D eigenvalue weighted by Gasteiger charge is -2.21. The fourth-order valence-electron chi connectivity index (χ4n) is 2.38. The Kier molecular flexibility index (Phi) is 4.80. The van der Waals surface area contributed by atoms with Gasteiger partial charge in [-0.3, -0.25) is 9.59 Å². The second-order valence-corrected chi connectivity index (χ2v) is 6.95. The average molecular weight is 345 g/mol. The van der Waals surface area contributed by atoms with E-state index < -0.39 is 0 Å². The predicted molar refractivity (Wildman–Crippen MR) is 92.5 cm³/mol. The summed E-state index contributed by atoms with van der Waals surface area (Å²) in [5.74, 6) is 0.338. The van der Waals surface area contributed by atoms with E-state index in [0.717, 1.165) is 17.7 Å². The van der Waals surface area contributed by atoms with Crippen molar-refractivity contribution in [2.45, 2.75) is 25.8 Å². The first kappa shape index (κ1) is 16.4. The molecular formula is C17H19N3O3S. The molecular weight excluding hydrogens is 326 g/mol. The Bertz CT molecular complexity index is 738. The van der Waals surface area contributed by atoms with Crippen LogP contribution < -0.4 is 10.1 Å². The Morgan fingerprint density at radius 1 is 1.33 bits per heavy atom. The molecule has 0 unspecified atom stereocenters. The van der Waals surface area contributed by atoms with Gasteiger partial charge < -0.3 is 15.0 Å². The van der Waals surface area contributed by atoms with E-state index in [9.17, 15) is 9.59 Å². The van der Waals surface area contributed by atoms with Crippen LogP contribution in [0.5, 0.6) is 5.75 Å². The van der Waals surface area contributed by atoms with E-state index in [-0.39, 0.29) is 24.4 Å². The van der Waals surface area contributed by atoms with Crippen molar-refractivity contribution in [1.82, 2.24) is 9.88 Å². The van der Waals surface area contributed by atoms with Crippen LogP contribution in [0.3, 0.4) is 0 Å². The third kappa shape index (κ3) is 3.91. The number of anilines is 1. The summed E-state index contributed by atoms with van der Waals surface area (Å²) in [7, 11) is 1.58. The summed E-state index contributed by atoms with van der Waals surface area (Å²) in [6, 6.07) is 7.08. The normalized spacial score (nSPS) is 13.4. The van der Waals surface area contributed by atoms with Gasteiger partial charge in [-0.05, 0) is 44.0 Å². The van der Waals surface area contributed by atoms with Gasteiger partial charge >= 0.3 is 0 Å². The minimum atomic E-state index is -0.224. The molecule has 1 N–H and O–H groups in total. The molecule has 7 heteroatoms. The number of thiazole rings is 1. The molecule has 0 spiro atoms. The topological polar surface area (TPSA) is 71.5 Å². The molecule has 1 aliphatic rings. The number of amides is 2. The largest absolute Gasteiger partial charge is 0.497 e. The summed E-state index contributed by atoms with van der Waals surface area (Å²) in [5.41, 5.74) is 0.556. The zero-order chi connectivity index (χ0) is 17.1. The van der Waals surface area contributed by atoms with Gasteiger partial charge in [0.25, 0.3) is 5.91 Å². The Morgan fingerprint density at radius 3 is 2.58 bits per heavy atom. The zero-order valence-corrected chi connectivity index (χ0v) is 14.4. The summed E-state index contributed by atoms with van der Waals surface area (Å²) in [6.45, 7) is 1.96. The maximum atomic E-state index is 12.7. The summed E-state index contributed by atoms with van der Waals surface area (Å²) < 4.78 is 5.11. The van der Waals surface area contributed by atoms with E-state index in [1.807, 2.05) is 6.92 Å². The van der Waals surface area contributed by atoms with Crippen LogP contribution in [0.2, 0.25) is 0 Å². The summed E-state index contributed by atoms with van der Waals surface area (Å²) in [5, 5.41) is 3.32. The second kappa shape index (κ2) is 7.00. The first-order valence-corrected chi connectivity index (χ1v) is 8.56. The van der Waals surface area contributed by atoms with Gasteiger partial charge in [-0.15, -0.1) is 11.3 Å². The van der Waals surface area contributed by atoms with E-state index in [4.69, 9.17) is 4.74 Å². The van der Waals surface area contributed by atoms with Crippen LogP contribution in [0.4, 0.5) is 5.13 Å². The standard InChI is InChI=1S/C17H19N3O3S/c1-11-9-18-17(24-11)19-15(21)10-20(13-5-6-13)16(22)12-3-7-14(23-2)8-4-12/h3-4,7-9,13H,5-6,10H2,1-2H3,(H,18,19,21). The van der Waals surface area contributed by atoms with Gasteiger partial charge in [-0.25, -0.2) is 4.98 Å². The van der Waals surface area contributed by atoms with Crippen molar-refractivity contribution in [1.29, 1.82) is 0 Å². The molecule has 1 fully saturated rings. The van der Waals surface area contributed by atoms with E-state index in [2.05, 4.69) is 10.3 Å². The highest BCUT2D eigenvalue weighted by Crippen LogP contribution is 2.28. The zero-order valence-electron chi connectivity index (χ0n) is 13.6. The van der Waals surface area contributed by atoms with E-state index in [1.165, 1.54) is 11.3 Å². The molecule has 24 heavy (non-hydrogen) atoms. The number of methoxy groups -OCH3 is 1. The first-order chi connectivity index (χ1) is 11.6. The van der Waals surface area contributed by atoms with E-state index in [1.54, 1.807) is 42.5 Å². The molecule has 6 nitrogen and oxygen atoms in total. The van der Waals surface area contributed by atoms with Gasteiger partial charge in [0, 0.05) is 22.7 Å². The van der Waals surface area contributed by atoms with Crippen LogP contribution >= 0.6 is 11.3 Å². The minimum absolute atomic E-state index is 0.0359. The van der Waals surface area contributed by atoms with Gasteiger partial charge in [-0.1, -0.05) is 0 Å². The Morgan fingerprint density at radius 2 is 2.04 bits per heavy atom. The van der Waals surface area contributed by atoms with Crippen LogP contribution in [-0.4, -0.2) is 41.4 Å². The molecule has 0 atom stereocenters. The molecule has 1 aromatic heterocycles. The number of benzene rings is 1. The number of aromatic nitrogens is 1. The number of aryl methyl sites for hydroxylation is 1. The van der Waals surface area contributed by atoms with Crippen molar-refractivity contribution < 1.29 is 14.3 Å². The van der Waals surface area contributed by atoms with Crippen LogP contribution in [0.1, 0.15) is 28.1 Å². The number of ether oxygens (including phenoxy) is 1. The third-order valence-electron chi connectivity index (χ3n) is 3.77. The fraction of sp³-hybridized carbons (Fsp3) is 0.353. The molecule has 0 bridgehead atoms. The summed E-state index contributed by atoms with van der Waals surface area (Å²) >= 11 is 1.42. The van der Waals surface area contributed by atoms with Gasteiger partial charge in [0.15, 0.2) is 5.13 Å². The molecule has 1 heterocycles. The highest BCUT2D eigenvalue weighted by atomic mass is 32.1. The van der Waals surface area contributed by atoms with E-state index in [0.29, 0.717) is 16.4 Å². The van der Waals surface area contributed by atoms with Crippen molar-refractivity contribution in [2.24, 2.45) is 0 Å². The van der Waals surface area contributed by atoms with Crippen LogP contribution in [0, 0.1) is 6.92 Å². The van der Waals surface area contributed by atoms with Crippen molar-refractivity contribution in [3.05, 3.63) is 40.9 Å². The van der Waals surface area contributed by atoms with Crippen molar-refractivity contribution in [3.63, 3.8) is 0 Å².